The van der Waals surface area contributed by atoms with E-state index >= 15 is 0 Å². The molecule has 5 rings (SSSR count). The van der Waals surface area contributed by atoms with Crippen LogP contribution in [0.4, 0.5) is 17.5 Å². The molecule has 2 fully saturated rings. The minimum atomic E-state index is -0.0450. The van der Waals surface area contributed by atoms with Gasteiger partial charge in [-0.2, -0.15) is 4.98 Å². The van der Waals surface area contributed by atoms with Crippen molar-refractivity contribution < 1.29 is 4.79 Å². The summed E-state index contributed by atoms with van der Waals surface area (Å²) in [5, 5.41) is 10.9. The van der Waals surface area contributed by atoms with Gasteiger partial charge in [0, 0.05) is 51.9 Å². The third-order valence-corrected chi connectivity index (χ3v) is 6.02. The molecule has 168 valence electrons. The molecule has 2 aliphatic rings. The summed E-state index contributed by atoms with van der Waals surface area (Å²) < 4.78 is 2.01. The number of aromatic nitrogens is 4. The number of carbonyl (C=O) groups is 1. The first kappa shape index (κ1) is 20.7. The van der Waals surface area contributed by atoms with E-state index < -0.39 is 0 Å². The van der Waals surface area contributed by atoms with E-state index in [1.54, 1.807) is 25.2 Å². The topological polar surface area (TPSA) is 103 Å². The lowest BCUT2D eigenvalue weighted by atomic mass is 10.3. The highest BCUT2D eigenvalue weighted by Gasteiger charge is 2.26. The summed E-state index contributed by atoms with van der Waals surface area (Å²) in [5.41, 5.74) is 2.47. The average Bonchev–Trinajstić information content (AvgIpc) is 3.47. The van der Waals surface area contributed by atoms with Crippen LogP contribution in [-0.4, -0.2) is 77.1 Å². The molecule has 0 saturated carbocycles. The lowest BCUT2D eigenvalue weighted by molar-refractivity contribution is 0.0814. The molecule has 1 unspecified atom stereocenters. The maximum Gasteiger partial charge on any atom is 0.270 e. The molecule has 3 aromatic rings. The molecule has 0 aromatic carbocycles. The number of carbonyl (C=O) groups excluding carboxylic acids is 1. The summed E-state index contributed by atoms with van der Waals surface area (Å²) in [6.45, 7) is 4.87. The van der Waals surface area contributed by atoms with Gasteiger partial charge in [-0.15, -0.1) is 0 Å². The number of nitrogens with zero attached hydrogens (tertiary/aromatic N) is 6. The Morgan fingerprint density at radius 2 is 2.00 bits per heavy atom. The smallest absolute Gasteiger partial charge is 0.270 e. The maximum atomic E-state index is 12.8. The Hall–Kier alpha value is -3.24. The number of piperazine rings is 1. The predicted molar refractivity (Wildman–Crippen MR) is 124 cm³/mol. The largest absolute Gasteiger partial charge is 0.368 e. The van der Waals surface area contributed by atoms with Crippen LogP contribution in [0.25, 0.3) is 11.0 Å². The molecular weight excluding hydrogens is 406 g/mol. The lowest BCUT2D eigenvalue weighted by Crippen LogP contribution is -2.43. The average molecular weight is 436 g/mol. The summed E-state index contributed by atoms with van der Waals surface area (Å²) in [6, 6.07) is 5.89. The van der Waals surface area contributed by atoms with Crippen LogP contribution < -0.4 is 20.9 Å². The van der Waals surface area contributed by atoms with Gasteiger partial charge in [0.25, 0.3) is 5.91 Å². The maximum absolute atomic E-state index is 12.8. The first-order valence-corrected chi connectivity index (χ1v) is 11.1. The number of pyridine rings is 1. The van der Waals surface area contributed by atoms with E-state index in [4.69, 9.17) is 4.98 Å². The Morgan fingerprint density at radius 1 is 1.16 bits per heavy atom. The Bertz CT molecular complexity index is 1100. The fourth-order valence-electron chi connectivity index (χ4n) is 4.35. The highest BCUT2D eigenvalue weighted by atomic mass is 16.2. The van der Waals surface area contributed by atoms with Crippen molar-refractivity contribution in [3.63, 3.8) is 0 Å². The predicted octanol–water partition coefficient (Wildman–Crippen LogP) is 1.56. The minimum Gasteiger partial charge on any atom is -0.368 e. The number of hydrogen-bond donors (Lipinski definition) is 3. The normalized spacial score (nSPS) is 18.8. The van der Waals surface area contributed by atoms with Crippen molar-refractivity contribution in [2.75, 3.05) is 57.0 Å². The van der Waals surface area contributed by atoms with Crippen molar-refractivity contribution in [1.29, 1.82) is 0 Å². The summed E-state index contributed by atoms with van der Waals surface area (Å²) in [5.74, 6) is 1.10. The highest BCUT2D eigenvalue weighted by molar-refractivity contribution is 5.97. The molecule has 0 aliphatic carbocycles. The zero-order chi connectivity index (χ0) is 22.1. The van der Waals surface area contributed by atoms with Gasteiger partial charge >= 0.3 is 0 Å². The van der Waals surface area contributed by atoms with E-state index in [0.717, 1.165) is 62.3 Å². The SMILES string of the molecule is CN(C)C(=O)c1cc2cnc(Nc3ccc(N4CCNCC4)cn3)nc2n1C1CCCN1. The molecule has 32 heavy (non-hydrogen) atoms. The number of hydrogen-bond acceptors (Lipinski definition) is 8. The molecule has 3 aromatic heterocycles. The number of fused-ring (bicyclic) bond motifs is 1. The molecule has 1 atom stereocenters. The van der Waals surface area contributed by atoms with Gasteiger partial charge < -0.3 is 25.0 Å². The van der Waals surface area contributed by atoms with Gasteiger partial charge in [-0.05, 0) is 37.6 Å². The van der Waals surface area contributed by atoms with Crippen LogP contribution in [-0.2, 0) is 0 Å². The van der Waals surface area contributed by atoms with Crippen molar-refractivity contribution in [3.05, 3.63) is 36.3 Å². The van der Waals surface area contributed by atoms with Crippen LogP contribution in [0.1, 0.15) is 29.5 Å². The number of rotatable bonds is 5. The summed E-state index contributed by atoms with van der Waals surface area (Å²) in [7, 11) is 3.53. The standard InChI is InChI=1S/C22H29N9O/c1-29(2)21(32)17-12-15-13-26-22(28-20(15)31(17)19-4-3-7-24-19)27-18-6-5-16(14-25-18)30-10-8-23-9-11-30/h5-6,12-14,19,23-24H,3-4,7-11H2,1-2H3,(H,25,26,27,28). The summed E-state index contributed by atoms with van der Waals surface area (Å²) >= 11 is 0. The van der Waals surface area contributed by atoms with Gasteiger partial charge in [0.2, 0.25) is 5.95 Å². The van der Waals surface area contributed by atoms with Crippen molar-refractivity contribution in [2.45, 2.75) is 19.0 Å². The fourth-order valence-corrected chi connectivity index (χ4v) is 4.35. The van der Waals surface area contributed by atoms with Gasteiger partial charge in [0.1, 0.15) is 17.2 Å². The van der Waals surface area contributed by atoms with E-state index in [2.05, 4.69) is 36.9 Å². The first-order chi connectivity index (χ1) is 15.6. The minimum absolute atomic E-state index is 0.0450. The second-order valence-corrected chi connectivity index (χ2v) is 8.45. The van der Waals surface area contributed by atoms with Crippen molar-refractivity contribution in [3.8, 4) is 0 Å². The Balaban J connectivity index is 1.43. The molecule has 0 radical (unpaired) electrons. The van der Waals surface area contributed by atoms with Gasteiger partial charge in [-0.3, -0.25) is 10.1 Å². The van der Waals surface area contributed by atoms with Crippen molar-refractivity contribution >= 4 is 34.4 Å². The van der Waals surface area contributed by atoms with Crippen LogP contribution in [0, 0.1) is 0 Å². The molecule has 2 saturated heterocycles. The van der Waals surface area contributed by atoms with Gasteiger partial charge in [-0.25, -0.2) is 9.97 Å². The van der Waals surface area contributed by atoms with Crippen LogP contribution in [0.3, 0.4) is 0 Å². The highest BCUT2D eigenvalue weighted by Crippen LogP contribution is 2.28. The molecule has 10 heteroatoms. The quantitative estimate of drug-likeness (QED) is 0.555. The second-order valence-electron chi connectivity index (χ2n) is 8.45. The molecule has 0 spiro atoms. The summed E-state index contributed by atoms with van der Waals surface area (Å²) in [4.78, 5) is 30.5. The van der Waals surface area contributed by atoms with Crippen LogP contribution in [0.5, 0.6) is 0 Å². The molecule has 1 amide bonds. The molecule has 0 bridgehead atoms. The van der Waals surface area contributed by atoms with Gasteiger partial charge in [-0.1, -0.05) is 0 Å². The molecule has 5 heterocycles. The Morgan fingerprint density at radius 3 is 2.69 bits per heavy atom. The second kappa shape index (κ2) is 8.71. The fraction of sp³-hybridized carbons (Fsp3) is 0.455. The molecule has 2 aliphatic heterocycles. The van der Waals surface area contributed by atoms with Crippen LogP contribution in [0.2, 0.25) is 0 Å². The van der Waals surface area contributed by atoms with E-state index in [9.17, 15) is 4.79 Å². The number of nitrogens with one attached hydrogen (secondary N) is 3. The van der Waals surface area contributed by atoms with E-state index in [1.807, 2.05) is 22.9 Å². The van der Waals surface area contributed by atoms with E-state index in [1.165, 1.54) is 0 Å². The summed E-state index contributed by atoms with van der Waals surface area (Å²) in [6.07, 6.45) is 5.72. The molecular formula is C22H29N9O. The first-order valence-electron chi connectivity index (χ1n) is 11.1. The van der Waals surface area contributed by atoms with Gasteiger partial charge in [0.15, 0.2) is 0 Å². The monoisotopic (exact) mass is 435 g/mol. The Kier molecular flexibility index (Phi) is 5.62. The Labute approximate surface area is 187 Å². The number of amides is 1. The van der Waals surface area contributed by atoms with Crippen LogP contribution >= 0.6 is 0 Å². The zero-order valence-electron chi connectivity index (χ0n) is 18.5. The lowest BCUT2D eigenvalue weighted by Gasteiger charge is -2.29. The number of anilines is 3. The van der Waals surface area contributed by atoms with E-state index in [-0.39, 0.29) is 12.1 Å². The van der Waals surface area contributed by atoms with E-state index in [0.29, 0.717) is 17.5 Å². The van der Waals surface area contributed by atoms with Crippen LogP contribution in [0.15, 0.2) is 30.6 Å². The van der Waals surface area contributed by atoms with Gasteiger partial charge in [0.05, 0.1) is 18.1 Å². The third-order valence-electron chi connectivity index (χ3n) is 6.02. The molecule has 3 N–H and O–H groups in total. The van der Waals surface area contributed by atoms with Crippen molar-refractivity contribution in [2.24, 2.45) is 0 Å². The molecule has 10 nitrogen and oxygen atoms in total. The van der Waals surface area contributed by atoms with Crippen molar-refractivity contribution in [1.82, 2.24) is 35.1 Å². The third kappa shape index (κ3) is 3.98. The zero-order valence-corrected chi connectivity index (χ0v) is 18.5.